The molecule has 2 atom stereocenters. The molecule has 0 radical (unpaired) electrons. The van der Waals surface area contributed by atoms with Crippen LogP contribution >= 0.6 is 0 Å². The third-order valence-electron chi connectivity index (χ3n) is 2.83. The van der Waals surface area contributed by atoms with Crippen molar-refractivity contribution in [1.82, 2.24) is 0 Å². The topological polar surface area (TPSA) is 97.5 Å². The van der Waals surface area contributed by atoms with Crippen LogP contribution in [0.15, 0.2) is 24.3 Å². The molecule has 106 valence electrons. The van der Waals surface area contributed by atoms with Crippen molar-refractivity contribution < 1.29 is 18.4 Å². The zero-order valence-corrected chi connectivity index (χ0v) is 11.6. The maximum atomic E-state index is 11.8. The van der Waals surface area contributed by atoms with Crippen molar-refractivity contribution in [3.63, 3.8) is 0 Å². The monoisotopic (exact) mass is 287 g/mol. The molecule has 0 aromatic heterocycles. The summed E-state index contributed by atoms with van der Waals surface area (Å²) in [4.78, 5) is 10.00. The first-order chi connectivity index (χ1) is 8.77. The molecule has 1 N–H and O–H groups in total. The first kappa shape index (κ1) is 15.6. The molecule has 0 aliphatic heterocycles. The van der Waals surface area contributed by atoms with Crippen LogP contribution in [0.2, 0.25) is 0 Å². The fraction of sp³-hybridized carbons (Fsp3) is 0.500. The molecule has 0 saturated carbocycles. The maximum Gasteiger partial charge on any atom is 0.269 e. The lowest BCUT2D eigenvalue weighted by Crippen LogP contribution is -2.25. The Labute approximate surface area is 112 Å². The molecule has 6 nitrogen and oxygen atoms in total. The number of aliphatic hydroxyl groups excluding tert-OH is 1. The number of nitrogens with zero attached hydrogens (tertiary/aromatic N) is 1. The molecule has 0 bridgehead atoms. The Hall–Kier alpha value is -1.47. The molecule has 0 saturated heterocycles. The van der Waals surface area contributed by atoms with Crippen LogP contribution in [0.25, 0.3) is 0 Å². The molecule has 0 heterocycles. The summed E-state index contributed by atoms with van der Waals surface area (Å²) in [6.07, 6.45) is 1.05. The normalized spacial score (nSPS) is 14.9. The highest BCUT2D eigenvalue weighted by Crippen LogP contribution is 2.29. The van der Waals surface area contributed by atoms with Crippen molar-refractivity contribution in [1.29, 1.82) is 0 Å². The summed E-state index contributed by atoms with van der Waals surface area (Å²) in [5, 5.41) is 19.5. The summed E-state index contributed by atoms with van der Waals surface area (Å²) in [5.41, 5.74) is 0.259. The zero-order chi connectivity index (χ0) is 14.6. The molecule has 1 aromatic rings. The molecule has 1 aromatic carbocycles. The van der Waals surface area contributed by atoms with Gasteiger partial charge in [-0.1, -0.05) is 25.5 Å². The van der Waals surface area contributed by atoms with Crippen molar-refractivity contribution in [3.05, 3.63) is 39.9 Å². The first-order valence-electron chi connectivity index (χ1n) is 5.88. The van der Waals surface area contributed by atoms with Gasteiger partial charge in [-0.05, 0) is 12.0 Å². The molecule has 19 heavy (non-hydrogen) atoms. The Morgan fingerprint density at radius 1 is 1.32 bits per heavy atom. The van der Waals surface area contributed by atoms with Crippen LogP contribution in [0.3, 0.4) is 0 Å². The Balaban J connectivity index is 3.15. The predicted octanol–water partition coefficient (Wildman–Crippen LogP) is 1.84. The molecule has 0 fully saturated rings. The lowest BCUT2D eigenvalue weighted by molar-refractivity contribution is -0.384. The molecule has 7 heteroatoms. The number of rotatable bonds is 6. The highest BCUT2D eigenvalue weighted by molar-refractivity contribution is 7.91. The molecular formula is C12H17NO5S. The summed E-state index contributed by atoms with van der Waals surface area (Å²) in [6.45, 7) is 1.85. The Kier molecular flexibility index (Phi) is 5.02. The largest absolute Gasteiger partial charge is 0.391 e. The van der Waals surface area contributed by atoms with E-state index in [9.17, 15) is 23.6 Å². The predicted molar refractivity (Wildman–Crippen MR) is 71.6 cm³/mol. The van der Waals surface area contributed by atoms with Crippen molar-refractivity contribution >= 4 is 15.5 Å². The minimum atomic E-state index is -3.49. The average molecular weight is 287 g/mol. The fourth-order valence-corrected chi connectivity index (χ4v) is 3.35. The Morgan fingerprint density at radius 2 is 1.84 bits per heavy atom. The minimum absolute atomic E-state index is 0.110. The van der Waals surface area contributed by atoms with E-state index in [1.54, 1.807) is 0 Å². The van der Waals surface area contributed by atoms with Crippen LogP contribution in [0.1, 0.15) is 30.6 Å². The summed E-state index contributed by atoms with van der Waals surface area (Å²) in [6, 6.07) is 5.24. The molecule has 1 rings (SSSR count). The van der Waals surface area contributed by atoms with E-state index < -0.39 is 26.1 Å². The second-order valence-electron chi connectivity index (χ2n) is 4.45. The third kappa shape index (κ3) is 4.00. The highest BCUT2D eigenvalue weighted by atomic mass is 32.2. The Bertz CT molecular complexity index is 538. The van der Waals surface area contributed by atoms with E-state index in [-0.39, 0.29) is 5.69 Å². The van der Waals surface area contributed by atoms with Gasteiger partial charge in [-0.3, -0.25) is 10.1 Å². The van der Waals surface area contributed by atoms with Gasteiger partial charge in [-0.25, -0.2) is 8.42 Å². The maximum absolute atomic E-state index is 11.8. The molecule has 0 spiro atoms. The number of aliphatic hydroxyl groups is 1. The van der Waals surface area contributed by atoms with Gasteiger partial charge in [0.15, 0.2) is 9.84 Å². The number of sulfone groups is 1. The second-order valence-corrected chi connectivity index (χ2v) is 6.62. The fourth-order valence-electron chi connectivity index (χ4n) is 1.99. The van der Waals surface area contributed by atoms with Gasteiger partial charge in [0.1, 0.15) is 5.25 Å². The smallest absolute Gasteiger partial charge is 0.269 e. The van der Waals surface area contributed by atoms with Gasteiger partial charge in [0.05, 0.1) is 11.0 Å². The van der Waals surface area contributed by atoms with Crippen LogP contribution in [0.4, 0.5) is 5.69 Å². The summed E-state index contributed by atoms with van der Waals surface area (Å²) < 4.78 is 23.5. The average Bonchev–Trinajstić information content (AvgIpc) is 2.28. The van der Waals surface area contributed by atoms with Crippen molar-refractivity contribution in [2.24, 2.45) is 0 Å². The van der Waals surface area contributed by atoms with Gasteiger partial charge in [0.25, 0.3) is 5.69 Å². The number of hydrogen-bond donors (Lipinski definition) is 1. The number of non-ortho nitro benzene ring substituents is 1. The van der Waals surface area contributed by atoms with Crippen molar-refractivity contribution in [2.45, 2.75) is 31.1 Å². The van der Waals surface area contributed by atoms with Gasteiger partial charge >= 0.3 is 0 Å². The lowest BCUT2D eigenvalue weighted by atomic mass is 10.0. The van der Waals surface area contributed by atoms with E-state index in [0.717, 1.165) is 6.26 Å². The summed E-state index contributed by atoms with van der Waals surface area (Å²) in [5.74, 6) is 0. The standard InChI is InChI=1S/C12H17NO5S/c1-3-4-11(14)12(19(2,17)18)9-5-7-10(8-6-9)13(15)16/h5-8,11-12,14H,3-4H2,1-2H3. The van der Waals surface area contributed by atoms with Crippen LogP contribution in [-0.2, 0) is 9.84 Å². The quantitative estimate of drug-likeness (QED) is 0.636. The minimum Gasteiger partial charge on any atom is -0.391 e. The molecule has 0 amide bonds. The van der Waals surface area contributed by atoms with E-state index in [2.05, 4.69) is 0 Å². The summed E-state index contributed by atoms with van der Waals surface area (Å²) in [7, 11) is -3.49. The van der Waals surface area contributed by atoms with Gasteiger partial charge in [-0.2, -0.15) is 0 Å². The van der Waals surface area contributed by atoms with Crippen LogP contribution in [0, 0.1) is 10.1 Å². The molecular weight excluding hydrogens is 270 g/mol. The number of nitro benzene ring substituents is 1. The van der Waals surface area contributed by atoms with Crippen molar-refractivity contribution in [2.75, 3.05) is 6.26 Å². The van der Waals surface area contributed by atoms with Crippen molar-refractivity contribution in [3.8, 4) is 0 Å². The van der Waals surface area contributed by atoms with E-state index >= 15 is 0 Å². The first-order valence-corrected chi connectivity index (χ1v) is 7.84. The summed E-state index contributed by atoms with van der Waals surface area (Å²) >= 11 is 0. The SMILES string of the molecule is CCCC(O)C(c1ccc([N+](=O)[O-])cc1)S(C)(=O)=O. The van der Waals surface area contributed by atoms with Gasteiger partial charge in [-0.15, -0.1) is 0 Å². The molecule has 0 aliphatic rings. The van der Waals surface area contributed by atoms with Gasteiger partial charge in [0, 0.05) is 18.4 Å². The highest BCUT2D eigenvalue weighted by Gasteiger charge is 2.30. The number of hydrogen-bond acceptors (Lipinski definition) is 5. The molecule has 2 unspecified atom stereocenters. The van der Waals surface area contributed by atoms with E-state index in [0.29, 0.717) is 18.4 Å². The third-order valence-corrected chi connectivity index (χ3v) is 4.34. The Morgan fingerprint density at radius 3 is 2.21 bits per heavy atom. The van der Waals surface area contributed by atoms with Gasteiger partial charge in [0.2, 0.25) is 0 Å². The van der Waals surface area contributed by atoms with E-state index in [1.807, 2.05) is 6.92 Å². The molecule has 0 aliphatic carbocycles. The van der Waals surface area contributed by atoms with Crippen LogP contribution in [-0.4, -0.2) is 30.8 Å². The number of benzene rings is 1. The van der Waals surface area contributed by atoms with E-state index in [4.69, 9.17) is 0 Å². The lowest BCUT2D eigenvalue weighted by Gasteiger charge is -2.21. The zero-order valence-electron chi connectivity index (χ0n) is 10.8. The van der Waals surface area contributed by atoms with Crippen LogP contribution in [0.5, 0.6) is 0 Å². The van der Waals surface area contributed by atoms with E-state index in [1.165, 1.54) is 24.3 Å². The van der Waals surface area contributed by atoms with Gasteiger partial charge < -0.3 is 5.11 Å². The number of nitro groups is 1. The van der Waals surface area contributed by atoms with Crippen LogP contribution < -0.4 is 0 Å². The second kappa shape index (κ2) is 6.12.